The molecular weight excluding hydrogens is 256 g/mol. The molecule has 1 rings (SSSR count). The first-order valence-electron chi connectivity index (χ1n) is 8.39. The van der Waals surface area contributed by atoms with Crippen LogP contribution in [0.2, 0.25) is 0 Å². The van der Waals surface area contributed by atoms with Gasteiger partial charge in [-0.2, -0.15) is 0 Å². The predicted octanol–water partition coefficient (Wildman–Crippen LogP) is 6.02. The molecule has 0 spiro atoms. The fraction of sp³-hybridized carbons (Fsp3) is 0.650. The number of hydrogen-bond donors (Lipinski definition) is 0. The molecule has 0 heterocycles. The molecule has 0 aliphatic heterocycles. The summed E-state index contributed by atoms with van der Waals surface area (Å²) in [4.78, 5) is 9.44. The van der Waals surface area contributed by atoms with Gasteiger partial charge in [-0.3, -0.25) is 0 Å². The van der Waals surface area contributed by atoms with E-state index < -0.39 is 0 Å². The Bertz CT molecular complexity index is 373. The number of ketones is 1. The maximum Gasteiger partial charge on any atom is 0.126 e. The van der Waals surface area contributed by atoms with Crippen molar-refractivity contribution in [3.05, 3.63) is 34.9 Å². The summed E-state index contributed by atoms with van der Waals surface area (Å²) >= 11 is 0. The Kier molecular flexibility index (Phi) is 14.6. The average Bonchev–Trinajstić information content (AvgIpc) is 2.38. The molecule has 0 aliphatic carbocycles. The SMILES string of the molecule is CC(C)=O.CCC.CCc1ccc(CC(C)C)cc1CC. The highest BCUT2D eigenvalue weighted by Gasteiger charge is 2.02. The van der Waals surface area contributed by atoms with Gasteiger partial charge in [0.2, 0.25) is 0 Å². The van der Waals surface area contributed by atoms with Crippen molar-refractivity contribution >= 4 is 5.78 Å². The lowest BCUT2D eigenvalue weighted by Gasteiger charge is -2.10. The molecule has 0 aliphatic rings. The summed E-state index contributed by atoms with van der Waals surface area (Å²) < 4.78 is 0. The lowest BCUT2D eigenvalue weighted by Crippen LogP contribution is -1.97. The molecule has 0 unspecified atom stereocenters. The van der Waals surface area contributed by atoms with Crippen molar-refractivity contribution in [2.45, 2.75) is 81.1 Å². The monoisotopic (exact) mass is 292 g/mol. The first-order valence-corrected chi connectivity index (χ1v) is 8.39. The third-order valence-corrected chi connectivity index (χ3v) is 2.68. The molecule has 122 valence electrons. The molecule has 21 heavy (non-hydrogen) atoms. The minimum atomic E-state index is 0.167. The second kappa shape index (κ2) is 13.9. The molecule has 0 amide bonds. The zero-order valence-corrected chi connectivity index (χ0v) is 15.5. The summed E-state index contributed by atoms with van der Waals surface area (Å²) in [7, 11) is 0. The highest BCUT2D eigenvalue weighted by atomic mass is 16.1. The molecule has 1 heteroatoms. The van der Waals surface area contributed by atoms with Crippen LogP contribution in [0.4, 0.5) is 0 Å². The van der Waals surface area contributed by atoms with Gasteiger partial charge >= 0.3 is 0 Å². The van der Waals surface area contributed by atoms with E-state index in [0.717, 1.165) is 18.8 Å². The van der Waals surface area contributed by atoms with Gasteiger partial charge in [-0.15, -0.1) is 0 Å². The van der Waals surface area contributed by atoms with E-state index in [1.165, 1.54) is 43.4 Å². The number of Topliss-reactive ketones (excluding diaryl/α,β-unsaturated/α-hetero) is 1. The van der Waals surface area contributed by atoms with Crippen LogP contribution in [0.1, 0.15) is 78.5 Å². The van der Waals surface area contributed by atoms with E-state index in [1.54, 1.807) is 0 Å². The molecule has 0 saturated carbocycles. The van der Waals surface area contributed by atoms with Crippen LogP contribution < -0.4 is 0 Å². The molecule has 1 nitrogen and oxygen atoms in total. The Labute approximate surface area is 133 Å². The number of rotatable bonds is 4. The average molecular weight is 293 g/mol. The topological polar surface area (TPSA) is 17.1 Å². The number of benzene rings is 1. The largest absolute Gasteiger partial charge is 0.300 e. The molecule has 0 saturated heterocycles. The molecule has 0 aromatic heterocycles. The van der Waals surface area contributed by atoms with Crippen LogP contribution in [0.25, 0.3) is 0 Å². The van der Waals surface area contributed by atoms with Crippen LogP contribution in [0.5, 0.6) is 0 Å². The van der Waals surface area contributed by atoms with Crippen molar-refractivity contribution in [2.24, 2.45) is 5.92 Å². The van der Waals surface area contributed by atoms with Gasteiger partial charge in [-0.25, -0.2) is 0 Å². The van der Waals surface area contributed by atoms with Gasteiger partial charge in [-0.05, 0) is 55.7 Å². The molecule has 0 bridgehead atoms. The molecule has 0 atom stereocenters. The Morgan fingerprint density at radius 2 is 1.38 bits per heavy atom. The third-order valence-electron chi connectivity index (χ3n) is 2.68. The van der Waals surface area contributed by atoms with Gasteiger partial charge in [0.1, 0.15) is 5.78 Å². The maximum atomic E-state index is 9.44. The predicted molar refractivity (Wildman–Crippen MR) is 96.1 cm³/mol. The zero-order chi connectivity index (χ0) is 16.8. The summed E-state index contributed by atoms with van der Waals surface area (Å²) in [5.41, 5.74) is 4.54. The van der Waals surface area contributed by atoms with Crippen molar-refractivity contribution in [3.63, 3.8) is 0 Å². The Morgan fingerprint density at radius 3 is 1.71 bits per heavy atom. The van der Waals surface area contributed by atoms with Gasteiger partial charge in [-0.1, -0.05) is 66.2 Å². The fourth-order valence-corrected chi connectivity index (χ4v) is 1.95. The lowest BCUT2D eigenvalue weighted by molar-refractivity contribution is -0.114. The summed E-state index contributed by atoms with van der Waals surface area (Å²) in [6.07, 6.45) is 4.78. The van der Waals surface area contributed by atoms with E-state index in [2.05, 4.69) is 59.7 Å². The molecule has 1 aromatic rings. The lowest BCUT2D eigenvalue weighted by atomic mass is 9.96. The van der Waals surface area contributed by atoms with Crippen LogP contribution in [-0.2, 0) is 24.1 Å². The second-order valence-corrected chi connectivity index (χ2v) is 6.02. The fourth-order valence-electron chi connectivity index (χ4n) is 1.95. The normalized spacial score (nSPS) is 9.38. The number of aryl methyl sites for hydroxylation is 2. The van der Waals surface area contributed by atoms with Crippen LogP contribution in [-0.4, -0.2) is 5.78 Å². The third kappa shape index (κ3) is 13.6. The highest BCUT2D eigenvalue weighted by molar-refractivity contribution is 5.72. The van der Waals surface area contributed by atoms with Crippen molar-refractivity contribution in [3.8, 4) is 0 Å². The van der Waals surface area contributed by atoms with E-state index in [4.69, 9.17) is 0 Å². The van der Waals surface area contributed by atoms with E-state index in [9.17, 15) is 4.79 Å². The molecule has 0 radical (unpaired) electrons. The van der Waals surface area contributed by atoms with Crippen LogP contribution >= 0.6 is 0 Å². The van der Waals surface area contributed by atoms with Crippen molar-refractivity contribution in [1.29, 1.82) is 0 Å². The standard InChI is InChI=1S/C14H22.C3H6O.C3H8/c1-5-13-8-7-12(9-11(3)4)10-14(13)6-2;1-3(2)4;1-3-2/h7-8,10-11H,5-6,9H2,1-4H3;1-2H3;3H2,1-2H3. The molecule has 0 fully saturated rings. The van der Waals surface area contributed by atoms with Crippen LogP contribution in [0.15, 0.2) is 18.2 Å². The van der Waals surface area contributed by atoms with Gasteiger partial charge in [0, 0.05) is 0 Å². The minimum Gasteiger partial charge on any atom is -0.300 e. The molecule has 1 aromatic carbocycles. The van der Waals surface area contributed by atoms with E-state index >= 15 is 0 Å². The summed E-state index contributed by atoms with van der Waals surface area (Å²) in [5, 5.41) is 0. The zero-order valence-electron chi connectivity index (χ0n) is 15.5. The molecule has 0 N–H and O–H groups in total. The Morgan fingerprint density at radius 1 is 0.952 bits per heavy atom. The summed E-state index contributed by atoms with van der Waals surface area (Å²) in [6.45, 7) is 16.3. The Hall–Kier alpha value is -1.11. The van der Waals surface area contributed by atoms with Gasteiger partial charge in [0.15, 0.2) is 0 Å². The van der Waals surface area contributed by atoms with Crippen LogP contribution in [0.3, 0.4) is 0 Å². The van der Waals surface area contributed by atoms with E-state index in [0.29, 0.717) is 0 Å². The quantitative estimate of drug-likeness (QED) is 0.663. The smallest absolute Gasteiger partial charge is 0.126 e. The number of carbonyl (C=O) groups excluding carboxylic acids is 1. The first-order chi connectivity index (χ1) is 9.81. The van der Waals surface area contributed by atoms with Crippen molar-refractivity contribution < 1.29 is 4.79 Å². The molecular formula is C20H36O. The summed E-state index contributed by atoms with van der Waals surface area (Å²) in [5.74, 6) is 0.923. The van der Waals surface area contributed by atoms with Gasteiger partial charge < -0.3 is 4.79 Å². The van der Waals surface area contributed by atoms with Gasteiger partial charge in [0.25, 0.3) is 0 Å². The first kappa shape index (κ1) is 22.2. The van der Waals surface area contributed by atoms with E-state index in [-0.39, 0.29) is 5.78 Å². The van der Waals surface area contributed by atoms with E-state index in [1.807, 2.05) is 0 Å². The van der Waals surface area contributed by atoms with Gasteiger partial charge in [0.05, 0.1) is 0 Å². The van der Waals surface area contributed by atoms with Crippen molar-refractivity contribution in [1.82, 2.24) is 0 Å². The number of hydrogen-bond acceptors (Lipinski definition) is 1. The minimum absolute atomic E-state index is 0.167. The Balaban J connectivity index is 0. The summed E-state index contributed by atoms with van der Waals surface area (Å²) in [6, 6.07) is 6.98. The van der Waals surface area contributed by atoms with Crippen LogP contribution in [0, 0.1) is 5.92 Å². The maximum absolute atomic E-state index is 9.44. The highest BCUT2D eigenvalue weighted by Crippen LogP contribution is 2.16. The number of carbonyl (C=O) groups is 1. The van der Waals surface area contributed by atoms with Crippen molar-refractivity contribution in [2.75, 3.05) is 0 Å². The second-order valence-electron chi connectivity index (χ2n) is 6.02.